The van der Waals surface area contributed by atoms with Crippen molar-refractivity contribution in [2.75, 3.05) is 6.61 Å². The van der Waals surface area contributed by atoms with Crippen molar-refractivity contribution >= 4 is 5.97 Å². The number of unbranched alkanes of at least 4 members (excludes halogenated alkanes) is 1. The molecular formula is C9H17O4-. The third kappa shape index (κ3) is 6.54. The first kappa shape index (κ1) is 12.4. The number of carboxylic acid groups (broad SMARTS) is 1. The topological polar surface area (TPSA) is 58.6 Å². The molecule has 78 valence electrons. The molecule has 0 radical (unpaired) electrons. The normalized spacial score (nSPS) is 12.8. The van der Waals surface area contributed by atoms with E-state index >= 15 is 0 Å². The predicted octanol–water partition coefficient (Wildman–Crippen LogP) is 0.653. The molecule has 0 aromatic rings. The minimum Gasteiger partial charge on any atom is -0.547 e. The largest absolute Gasteiger partial charge is 0.547 e. The van der Waals surface area contributed by atoms with Crippen LogP contribution in [0.5, 0.6) is 0 Å². The molecule has 1 unspecified atom stereocenters. The Hall–Kier alpha value is -0.610. The number of carboxylic acids is 1. The standard InChI is InChI=1S/C9H18O4/c1-3-5-7-12-13-8(6-4-2)9(10)11/h8H,3-7H2,1-2H3,(H,10,11)/p-1. The van der Waals surface area contributed by atoms with Gasteiger partial charge in [-0.15, -0.1) is 0 Å². The summed E-state index contributed by atoms with van der Waals surface area (Å²) in [4.78, 5) is 19.9. The summed E-state index contributed by atoms with van der Waals surface area (Å²) in [5, 5.41) is 10.4. The Bertz CT molecular complexity index is 136. The van der Waals surface area contributed by atoms with Crippen molar-refractivity contribution in [3.05, 3.63) is 0 Å². The SMILES string of the molecule is CCCCOOC(CCC)C(=O)[O-]. The van der Waals surface area contributed by atoms with Gasteiger partial charge in [0.2, 0.25) is 0 Å². The number of rotatable bonds is 8. The van der Waals surface area contributed by atoms with Gasteiger partial charge < -0.3 is 9.90 Å². The summed E-state index contributed by atoms with van der Waals surface area (Å²) in [6.45, 7) is 4.33. The molecule has 4 nitrogen and oxygen atoms in total. The number of carbonyl (C=O) groups excluding carboxylic acids is 1. The van der Waals surface area contributed by atoms with Crippen LogP contribution < -0.4 is 5.11 Å². The van der Waals surface area contributed by atoms with Crippen LogP contribution in [0.25, 0.3) is 0 Å². The molecule has 0 aromatic heterocycles. The summed E-state index contributed by atoms with van der Waals surface area (Å²) >= 11 is 0. The maximum atomic E-state index is 10.4. The first-order valence-electron chi connectivity index (χ1n) is 4.71. The molecule has 1 atom stereocenters. The fourth-order valence-electron chi connectivity index (χ4n) is 0.801. The van der Waals surface area contributed by atoms with Gasteiger partial charge in [0.05, 0.1) is 12.6 Å². The lowest BCUT2D eigenvalue weighted by Crippen LogP contribution is -2.37. The summed E-state index contributed by atoms with van der Waals surface area (Å²) in [7, 11) is 0. The molecule has 0 saturated heterocycles. The number of carbonyl (C=O) groups is 1. The first-order valence-corrected chi connectivity index (χ1v) is 4.71. The Kier molecular flexibility index (Phi) is 7.63. The monoisotopic (exact) mass is 189 g/mol. The summed E-state index contributed by atoms with van der Waals surface area (Å²) in [6.07, 6.45) is 2.09. The second-order valence-electron chi connectivity index (χ2n) is 2.87. The minimum absolute atomic E-state index is 0.425. The number of aliphatic carboxylic acids is 1. The van der Waals surface area contributed by atoms with Crippen LogP contribution >= 0.6 is 0 Å². The Labute approximate surface area is 78.8 Å². The molecule has 0 amide bonds. The lowest BCUT2D eigenvalue weighted by molar-refractivity contribution is -0.364. The van der Waals surface area contributed by atoms with Gasteiger partial charge in [-0.2, -0.15) is 0 Å². The second kappa shape index (κ2) is 8.01. The molecule has 0 aromatic carbocycles. The maximum Gasteiger partial charge on any atom is 0.132 e. The van der Waals surface area contributed by atoms with E-state index in [0.29, 0.717) is 13.0 Å². The van der Waals surface area contributed by atoms with Crippen LogP contribution in [-0.4, -0.2) is 18.7 Å². The summed E-state index contributed by atoms with van der Waals surface area (Å²) in [6, 6.07) is 0. The zero-order valence-corrected chi connectivity index (χ0v) is 8.25. The lowest BCUT2D eigenvalue weighted by Gasteiger charge is -2.16. The van der Waals surface area contributed by atoms with Gasteiger partial charge >= 0.3 is 0 Å². The van der Waals surface area contributed by atoms with Crippen molar-refractivity contribution < 1.29 is 19.7 Å². The number of hydrogen-bond acceptors (Lipinski definition) is 4. The summed E-state index contributed by atoms with van der Waals surface area (Å²) < 4.78 is 0. The van der Waals surface area contributed by atoms with Gasteiger partial charge in [-0.25, -0.2) is 9.78 Å². The summed E-state index contributed by atoms with van der Waals surface area (Å²) in [5.74, 6) is -1.21. The molecule has 0 heterocycles. The van der Waals surface area contributed by atoms with Gasteiger partial charge in [0, 0.05) is 0 Å². The molecule has 0 aliphatic carbocycles. The van der Waals surface area contributed by atoms with Crippen LogP contribution in [0.15, 0.2) is 0 Å². The average Bonchev–Trinajstić information content (AvgIpc) is 2.10. The highest BCUT2D eigenvalue weighted by Crippen LogP contribution is 2.02. The van der Waals surface area contributed by atoms with Gasteiger partial charge in [-0.05, 0) is 12.8 Å². The Morgan fingerprint density at radius 1 is 1.38 bits per heavy atom. The van der Waals surface area contributed by atoms with Crippen LogP contribution in [0.2, 0.25) is 0 Å². The Balaban J connectivity index is 3.51. The van der Waals surface area contributed by atoms with E-state index in [9.17, 15) is 9.90 Å². The van der Waals surface area contributed by atoms with Crippen molar-refractivity contribution in [1.82, 2.24) is 0 Å². The molecule has 0 fully saturated rings. The van der Waals surface area contributed by atoms with E-state index in [2.05, 4.69) is 4.89 Å². The van der Waals surface area contributed by atoms with Crippen molar-refractivity contribution in [2.24, 2.45) is 0 Å². The quantitative estimate of drug-likeness (QED) is 0.319. The Morgan fingerprint density at radius 3 is 2.54 bits per heavy atom. The minimum atomic E-state index is -1.21. The molecule has 0 spiro atoms. The molecule has 0 rings (SSSR count). The molecule has 0 N–H and O–H groups in total. The first-order chi connectivity index (χ1) is 6.22. The van der Waals surface area contributed by atoms with E-state index in [4.69, 9.17) is 4.89 Å². The fraction of sp³-hybridized carbons (Fsp3) is 0.889. The van der Waals surface area contributed by atoms with E-state index in [0.717, 1.165) is 19.3 Å². The maximum absolute atomic E-state index is 10.4. The predicted molar refractivity (Wildman–Crippen MR) is 45.6 cm³/mol. The van der Waals surface area contributed by atoms with Gasteiger partial charge in [-0.1, -0.05) is 26.7 Å². The van der Waals surface area contributed by atoms with Crippen LogP contribution in [0.1, 0.15) is 39.5 Å². The second-order valence-corrected chi connectivity index (χ2v) is 2.87. The zero-order valence-electron chi connectivity index (χ0n) is 8.25. The van der Waals surface area contributed by atoms with E-state index in [1.807, 2.05) is 13.8 Å². The molecule has 0 saturated carbocycles. The van der Waals surface area contributed by atoms with E-state index in [1.165, 1.54) is 0 Å². The van der Waals surface area contributed by atoms with Crippen molar-refractivity contribution in [2.45, 2.75) is 45.6 Å². The fourth-order valence-corrected chi connectivity index (χ4v) is 0.801. The third-order valence-electron chi connectivity index (χ3n) is 1.58. The highest BCUT2D eigenvalue weighted by molar-refractivity contribution is 5.69. The average molecular weight is 189 g/mol. The van der Waals surface area contributed by atoms with Gasteiger partial charge in [0.1, 0.15) is 6.10 Å². The zero-order chi connectivity index (χ0) is 10.1. The molecule has 13 heavy (non-hydrogen) atoms. The Morgan fingerprint density at radius 2 is 2.08 bits per heavy atom. The van der Waals surface area contributed by atoms with Crippen LogP contribution in [0.3, 0.4) is 0 Å². The van der Waals surface area contributed by atoms with Crippen molar-refractivity contribution in [3.63, 3.8) is 0 Å². The smallest absolute Gasteiger partial charge is 0.132 e. The van der Waals surface area contributed by atoms with E-state index in [1.54, 1.807) is 0 Å². The molecule has 4 heteroatoms. The lowest BCUT2D eigenvalue weighted by atomic mass is 10.2. The summed E-state index contributed by atoms with van der Waals surface area (Å²) in [5.41, 5.74) is 0. The highest BCUT2D eigenvalue weighted by atomic mass is 17.2. The van der Waals surface area contributed by atoms with E-state index in [-0.39, 0.29) is 0 Å². The molecular weight excluding hydrogens is 172 g/mol. The van der Waals surface area contributed by atoms with Crippen LogP contribution in [-0.2, 0) is 14.6 Å². The molecule has 0 aliphatic rings. The van der Waals surface area contributed by atoms with Gasteiger partial charge in [-0.3, -0.25) is 0 Å². The molecule has 0 bridgehead atoms. The van der Waals surface area contributed by atoms with Crippen molar-refractivity contribution in [1.29, 1.82) is 0 Å². The van der Waals surface area contributed by atoms with Gasteiger partial charge in [0.25, 0.3) is 0 Å². The number of hydrogen-bond donors (Lipinski definition) is 0. The highest BCUT2D eigenvalue weighted by Gasteiger charge is 2.09. The van der Waals surface area contributed by atoms with Gasteiger partial charge in [0.15, 0.2) is 0 Å². The van der Waals surface area contributed by atoms with Crippen LogP contribution in [0, 0.1) is 0 Å². The molecule has 0 aliphatic heterocycles. The van der Waals surface area contributed by atoms with Crippen LogP contribution in [0.4, 0.5) is 0 Å². The third-order valence-corrected chi connectivity index (χ3v) is 1.58. The van der Waals surface area contributed by atoms with E-state index < -0.39 is 12.1 Å². The van der Waals surface area contributed by atoms with Crippen molar-refractivity contribution in [3.8, 4) is 0 Å².